The van der Waals surface area contributed by atoms with Crippen molar-refractivity contribution >= 4 is 11.3 Å². The van der Waals surface area contributed by atoms with Gasteiger partial charge in [0, 0.05) is 11.1 Å². The van der Waals surface area contributed by atoms with Crippen LogP contribution in [0, 0.1) is 11.5 Å². The molecule has 1 aromatic rings. The van der Waals surface area contributed by atoms with Crippen molar-refractivity contribution in [2.75, 3.05) is 0 Å². The minimum absolute atomic E-state index is 0.557. The maximum absolute atomic E-state index is 8.21. The number of thiazole rings is 1. The quantitative estimate of drug-likeness (QED) is 0.545. The normalized spacial score (nSPS) is 9.09. The molecule has 0 bridgehead atoms. The molecular formula is C7H9N3S. The van der Waals surface area contributed by atoms with Crippen LogP contribution in [0.1, 0.15) is 16.8 Å². The lowest BCUT2D eigenvalue weighted by Crippen LogP contribution is -2.03. The Labute approximate surface area is 69.7 Å². The monoisotopic (exact) mass is 167 g/mol. The molecule has 0 spiro atoms. The smallest absolute Gasteiger partial charge is 0.176 e. The molecular weight excluding hydrogens is 158 g/mol. The van der Waals surface area contributed by atoms with Gasteiger partial charge in [0.15, 0.2) is 6.19 Å². The molecule has 58 valence electrons. The Morgan fingerprint density at radius 2 is 2.64 bits per heavy atom. The zero-order valence-corrected chi connectivity index (χ0v) is 7.11. The highest BCUT2D eigenvalue weighted by atomic mass is 32.1. The van der Waals surface area contributed by atoms with E-state index in [1.54, 1.807) is 11.3 Å². The Bertz CT molecular complexity index is 261. The largest absolute Gasteiger partial charge is 0.317 e. The summed E-state index contributed by atoms with van der Waals surface area (Å²) in [6.07, 6.45) is 4.74. The third-order valence-corrected chi connectivity index (χ3v) is 2.41. The molecule has 0 atom stereocenters. The topological polar surface area (TPSA) is 48.7 Å². The van der Waals surface area contributed by atoms with Gasteiger partial charge >= 0.3 is 0 Å². The summed E-state index contributed by atoms with van der Waals surface area (Å²) in [5.41, 5.74) is 0. The van der Waals surface area contributed by atoms with Crippen LogP contribution in [0.15, 0.2) is 6.20 Å². The van der Waals surface area contributed by atoms with Crippen LogP contribution in [-0.4, -0.2) is 4.98 Å². The summed E-state index contributed by atoms with van der Waals surface area (Å²) in [6.45, 7) is 2.65. The highest BCUT2D eigenvalue weighted by molar-refractivity contribution is 7.11. The van der Waals surface area contributed by atoms with E-state index < -0.39 is 0 Å². The fourth-order valence-corrected chi connectivity index (χ4v) is 1.51. The molecule has 0 fully saturated rings. The summed E-state index contributed by atoms with van der Waals surface area (Å²) in [7, 11) is 0. The molecule has 1 aromatic heterocycles. The summed E-state index contributed by atoms with van der Waals surface area (Å²) in [6, 6.07) is 0. The molecule has 0 saturated heterocycles. The van der Waals surface area contributed by atoms with E-state index in [0.29, 0.717) is 6.54 Å². The first-order valence-electron chi connectivity index (χ1n) is 3.42. The van der Waals surface area contributed by atoms with E-state index in [9.17, 15) is 0 Å². The van der Waals surface area contributed by atoms with Gasteiger partial charge in [-0.2, -0.15) is 5.26 Å². The molecule has 0 amide bonds. The minimum atomic E-state index is 0.557. The third kappa shape index (κ3) is 2.20. The fraction of sp³-hybridized carbons (Fsp3) is 0.429. The number of hydrogen-bond donors (Lipinski definition) is 1. The number of aromatic nitrogens is 1. The van der Waals surface area contributed by atoms with Crippen molar-refractivity contribution < 1.29 is 0 Å². The van der Waals surface area contributed by atoms with Crippen molar-refractivity contribution in [3.8, 4) is 6.19 Å². The number of aryl methyl sites for hydroxylation is 1. The molecule has 0 aliphatic rings. The Hall–Kier alpha value is -1.08. The molecule has 11 heavy (non-hydrogen) atoms. The second kappa shape index (κ2) is 3.94. The second-order valence-electron chi connectivity index (χ2n) is 2.04. The van der Waals surface area contributed by atoms with Crippen molar-refractivity contribution in [3.05, 3.63) is 16.1 Å². The standard InChI is InChI=1S/C7H9N3S/c1-2-6-3-10-7(11-6)4-9-5-8/h3,9H,2,4H2,1H3. The molecule has 0 aliphatic carbocycles. The van der Waals surface area contributed by atoms with E-state index in [4.69, 9.17) is 5.26 Å². The average molecular weight is 167 g/mol. The highest BCUT2D eigenvalue weighted by Gasteiger charge is 1.97. The van der Waals surface area contributed by atoms with Crippen molar-refractivity contribution in [1.29, 1.82) is 5.26 Å². The fourth-order valence-electron chi connectivity index (χ4n) is 0.708. The van der Waals surface area contributed by atoms with E-state index in [2.05, 4.69) is 17.2 Å². The van der Waals surface area contributed by atoms with Crippen LogP contribution in [0.2, 0.25) is 0 Å². The lowest BCUT2D eigenvalue weighted by atomic mass is 10.4. The first-order valence-corrected chi connectivity index (χ1v) is 4.24. The summed E-state index contributed by atoms with van der Waals surface area (Å²) in [5.74, 6) is 0. The molecule has 0 aromatic carbocycles. The van der Waals surface area contributed by atoms with Crippen LogP contribution in [0.25, 0.3) is 0 Å². The third-order valence-electron chi connectivity index (χ3n) is 1.27. The van der Waals surface area contributed by atoms with Crippen LogP contribution >= 0.6 is 11.3 Å². The van der Waals surface area contributed by atoms with Gasteiger partial charge in [0.2, 0.25) is 0 Å². The zero-order chi connectivity index (χ0) is 8.10. The predicted octanol–water partition coefficient (Wildman–Crippen LogP) is 1.28. The number of rotatable bonds is 3. The molecule has 0 saturated carbocycles. The first kappa shape index (κ1) is 8.02. The summed E-state index contributed by atoms with van der Waals surface area (Å²) >= 11 is 1.65. The molecule has 3 nitrogen and oxygen atoms in total. The van der Waals surface area contributed by atoms with Crippen molar-refractivity contribution in [3.63, 3.8) is 0 Å². The molecule has 4 heteroatoms. The van der Waals surface area contributed by atoms with Gasteiger partial charge in [-0.25, -0.2) is 4.98 Å². The van der Waals surface area contributed by atoms with Gasteiger partial charge in [-0.15, -0.1) is 11.3 Å². The highest BCUT2D eigenvalue weighted by Crippen LogP contribution is 2.12. The van der Waals surface area contributed by atoms with E-state index in [-0.39, 0.29) is 0 Å². The molecule has 1 heterocycles. The maximum Gasteiger partial charge on any atom is 0.176 e. The maximum atomic E-state index is 8.21. The number of nitrogens with zero attached hydrogens (tertiary/aromatic N) is 2. The van der Waals surface area contributed by atoms with Gasteiger partial charge in [0.05, 0.1) is 6.54 Å². The van der Waals surface area contributed by atoms with E-state index in [0.717, 1.165) is 11.4 Å². The van der Waals surface area contributed by atoms with Crippen molar-refractivity contribution in [2.24, 2.45) is 0 Å². The predicted molar refractivity (Wildman–Crippen MR) is 43.9 cm³/mol. The van der Waals surface area contributed by atoms with Crippen LogP contribution < -0.4 is 5.32 Å². The van der Waals surface area contributed by atoms with Crippen LogP contribution in [0.4, 0.5) is 0 Å². The molecule has 1 N–H and O–H groups in total. The van der Waals surface area contributed by atoms with Crippen LogP contribution in [-0.2, 0) is 13.0 Å². The number of nitrogens with one attached hydrogen (secondary N) is 1. The molecule has 0 radical (unpaired) electrons. The van der Waals surface area contributed by atoms with Crippen molar-refractivity contribution in [2.45, 2.75) is 19.9 Å². The minimum Gasteiger partial charge on any atom is -0.317 e. The second-order valence-corrected chi connectivity index (χ2v) is 3.24. The lowest BCUT2D eigenvalue weighted by molar-refractivity contribution is 0.872. The summed E-state index contributed by atoms with van der Waals surface area (Å²) in [4.78, 5) is 5.39. The Morgan fingerprint density at radius 3 is 3.18 bits per heavy atom. The lowest BCUT2D eigenvalue weighted by Gasteiger charge is -1.88. The molecule has 0 unspecified atom stereocenters. The first-order chi connectivity index (χ1) is 5.36. The number of nitriles is 1. The van der Waals surface area contributed by atoms with Crippen LogP contribution in [0.5, 0.6) is 0 Å². The Kier molecular flexibility index (Phi) is 2.87. The van der Waals surface area contributed by atoms with Gasteiger partial charge in [-0.05, 0) is 6.42 Å². The zero-order valence-electron chi connectivity index (χ0n) is 6.29. The SMILES string of the molecule is CCc1cnc(CNC#N)s1. The van der Waals surface area contributed by atoms with Gasteiger partial charge in [-0.3, -0.25) is 0 Å². The Balaban J connectivity index is 2.53. The van der Waals surface area contributed by atoms with Gasteiger partial charge in [-0.1, -0.05) is 6.92 Å². The summed E-state index contributed by atoms with van der Waals surface area (Å²) in [5, 5.41) is 11.7. The van der Waals surface area contributed by atoms with E-state index >= 15 is 0 Å². The Morgan fingerprint density at radius 1 is 1.82 bits per heavy atom. The van der Waals surface area contributed by atoms with Crippen LogP contribution in [0.3, 0.4) is 0 Å². The van der Waals surface area contributed by atoms with Gasteiger partial charge in [0.25, 0.3) is 0 Å². The van der Waals surface area contributed by atoms with E-state index in [1.807, 2.05) is 12.4 Å². The van der Waals surface area contributed by atoms with Gasteiger partial charge < -0.3 is 5.32 Å². The van der Waals surface area contributed by atoms with E-state index in [1.165, 1.54) is 4.88 Å². The molecule has 0 aliphatic heterocycles. The van der Waals surface area contributed by atoms with Crippen molar-refractivity contribution in [1.82, 2.24) is 10.3 Å². The van der Waals surface area contributed by atoms with Gasteiger partial charge in [0.1, 0.15) is 5.01 Å². The average Bonchev–Trinajstić information content (AvgIpc) is 2.48. The molecule has 1 rings (SSSR count). The number of hydrogen-bond acceptors (Lipinski definition) is 4. The summed E-state index contributed by atoms with van der Waals surface area (Å²) < 4.78 is 0.